The average molecular weight is 519 g/mol. The van der Waals surface area contributed by atoms with E-state index in [9.17, 15) is 5.11 Å². The third-order valence-corrected chi connectivity index (χ3v) is 7.40. The van der Waals surface area contributed by atoms with Gasteiger partial charge in [-0.15, -0.1) is 0 Å². The van der Waals surface area contributed by atoms with Crippen LogP contribution in [0, 0.1) is 0 Å². The molecule has 0 amide bonds. The SMILES string of the molecule is Oc1ccc(CCNc2nccc(-c3cccc(CN4CCNC(Cc5c[nH]c6ccccc56)C4)c3)n2)cc1. The number of phenolic OH excluding ortho intramolecular Hbond substituents is 1. The Balaban J connectivity index is 1.07. The number of aromatic amines is 1. The number of para-hydroxylation sites is 1. The minimum Gasteiger partial charge on any atom is -0.508 e. The number of hydrogen-bond acceptors (Lipinski definition) is 6. The summed E-state index contributed by atoms with van der Waals surface area (Å²) in [5, 5.41) is 17.8. The fourth-order valence-electron chi connectivity index (χ4n) is 5.41. The summed E-state index contributed by atoms with van der Waals surface area (Å²) in [6.07, 6.45) is 5.82. The Morgan fingerprint density at radius 1 is 0.974 bits per heavy atom. The molecule has 1 aliphatic heterocycles. The molecule has 0 radical (unpaired) electrons. The van der Waals surface area contributed by atoms with Crippen molar-refractivity contribution >= 4 is 16.9 Å². The molecule has 7 heteroatoms. The number of aromatic nitrogens is 3. The molecule has 7 nitrogen and oxygen atoms in total. The van der Waals surface area contributed by atoms with Gasteiger partial charge in [0.05, 0.1) is 5.69 Å². The Hall–Kier alpha value is -4.20. The predicted octanol–water partition coefficient (Wildman–Crippen LogP) is 5.00. The lowest BCUT2D eigenvalue weighted by atomic mass is 10.0. The maximum atomic E-state index is 9.46. The van der Waals surface area contributed by atoms with Crippen molar-refractivity contribution in [1.82, 2.24) is 25.2 Å². The van der Waals surface area contributed by atoms with Crippen LogP contribution in [0.4, 0.5) is 5.95 Å². The van der Waals surface area contributed by atoms with Gasteiger partial charge in [0.25, 0.3) is 0 Å². The summed E-state index contributed by atoms with van der Waals surface area (Å²) in [5.74, 6) is 0.908. The molecule has 4 N–H and O–H groups in total. The number of H-pyrrole nitrogens is 1. The van der Waals surface area contributed by atoms with Crippen LogP contribution in [0.25, 0.3) is 22.2 Å². The van der Waals surface area contributed by atoms with Gasteiger partial charge in [-0.3, -0.25) is 4.90 Å². The highest BCUT2D eigenvalue weighted by Crippen LogP contribution is 2.22. The monoisotopic (exact) mass is 518 g/mol. The van der Waals surface area contributed by atoms with Crippen molar-refractivity contribution in [2.24, 2.45) is 0 Å². The zero-order chi connectivity index (χ0) is 26.4. The molecular formula is C32H34N6O. The van der Waals surface area contributed by atoms with Crippen molar-refractivity contribution in [3.63, 3.8) is 0 Å². The molecule has 3 heterocycles. The van der Waals surface area contributed by atoms with Crippen LogP contribution in [0.5, 0.6) is 5.75 Å². The standard InChI is InChI=1S/C32H34N6O/c39-28-10-8-23(9-11-28)12-14-34-32-35-15-13-30(37-32)25-5-3-4-24(18-25)21-38-17-16-33-27(22-38)19-26-20-36-31-7-2-1-6-29(26)31/h1-11,13,15,18,20,27,33,36,39H,12,14,16-17,19,21-22H2,(H,34,35,37). The lowest BCUT2D eigenvalue weighted by Gasteiger charge is -2.34. The number of hydrogen-bond donors (Lipinski definition) is 4. The van der Waals surface area contributed by atoms with E-state index >= 15 is 0 Å². The fraction of sp³-hybridized carbons (Fsp3) is 0.250. The molecule has 1 unspecified atom stereocenters. The van der Waals surface area contributed by atoms with Crippen molar-refractivity contribution in [3.8, 4) is 17.0 Å². The number of phenols is 1. The zero-order valence-corrected chi connectivity index (χ0v) is 22.0. The van der Waals surface area contributed by atoms with Crippen LogP contribution in [-0.4, -0.2) is 57.2 Å². The summed E-state index contributed by atoms with van der Waals surface area (Å²) in [4.78, 5) is 15.1. The minimum absolute atomic E-state index is 0.284. The molecule has 1 aliphatic rings. The number of nitrogens with zero attached hydrogens (tertiary/aromatic N) is 3. The highest BCUT2D eigenvalue weighted by atomic mass is 16.3. The number of rotatable bonds is 9. The molecule has 3 aromatic carbocycles. The summed E-state index contributed by atoms with van der Waals surface area (Å²) in [5.41, 5.74) is 7.04. The van der Waals surface area contributed by atoms with E-state index in [1.807, 2.05) is 24.4 Å². The fourth-order valence-corrected chi connectivity index (χ4v) is 5.41. The van der Waals surface area contributed by atoms with Gasteiger partial charge in [0.15, 0.2) is 0 Å². The average Bonchev–Trinajstić information content (AvgIpc) is 3.37. The third-order valence-electron chi connectivity index (χ3n) is 7.40. The Bertz CT molecular complexity index is 1530. The number of nitrogens with one attached hydrogen (secondary N) is 3. The van der Waals surface area contributed by atoms with Crippen molar-refractivity contribution < 1.29 is 5.11 Å². The van der Waals surface area contributed by atoms with Crippen molar-refractivity contribution in [3.05, 3.63) is 108 Å². The summed E-state index contributed by atoms with van der Waals surface area (Å²) >= 11 is 0. The van der Waals surface area contributed by atoms with E-state index in [1.54, 1.807) is 12.1 Å². The van der Waals surface area contributed by atoms with Gasteiger partial charge in [0.1, 0.15) is 5.75 Å². The van der Waals surface area contributed by atoms with Crippen molar-refractivity contribution in [2.75, 3.05) is 31.5 Å². The lowest BCUT2D eigenvalue weighted by molar-refractivity contribution is 0.192. The highest BCUT2D eigenvalue weighted by Gasteiger charge is 2.21. The summed E-state index contributed by atoms with van der Waals surface area (Å²) in [7, 11) is 0. The van der Waals surface area contributed by atoms with E-state index in [1.165, 1.54) is 22.0 Å². The Morgan fingerprint density at radius 2 is 1.87 bits per heavy atom. The van der Waals surface area contributed by atoms with E-state index in [0.29, 0.717) is 12.0 Å². The quantitative estimate of drug-likeness (QED) is 0.220. The van der Waals surface area contributed by atoms with Gasteiger partial charge in [0.2, 0.25) is 5.95 Å². The second-order valence-corrected chi connectivity index (χ2v) is 10.3. The Labute approximate surface area is 229 Å². The van der Waals surface area contributed by atoms with Crippen LogP contribution in [-0.2, 0) is 19.4 Å². The van der Waals surface area contributed by atoms with E-state index < -0.39 is 0 Å². The summed E-state index contributed by atoms with van der Waals surface area (Å²) in [6, 6.07) is 26.9. The number of aromatic hydroxyl groups is 1. The van der Waals surface area contributed by atoms with Gasteiger partial charge < -0.3 is 20.7 Å². The largest absolute Gasteiger partial charge is 0.508 e. The van der Waals surface area contributed by atoms with E-state index in [0.717, 1.165) is 62.4 Å². The van der Waals surface area contributed by atoms with Gasteiger partial charge in [0, 0.05) is 67.6 Å². The number of benzene rings is 3. The Kier molecular flexibility index (Phi) is 7.52. The van der Waals surface area contributed by atoms with Crippen LogP contribution >= 0.6 is 0 Å². The highest BCUT2D eigenvalue weighted by molar-refractivity contribution is 5.83. The maximum absolute atomic E-state index is 9.46. The molecule has 0 spiro atoms. The van der Waals surface area contributed by atoms with Crippen LogP contribution in [0.1, 0.15) is 16.7 Å². The van der Waals surface area contributed by atoms with Gasteiger partial charge in [-0.05, 0) is 59.9 Å². The molecule has 198 valence electrons. The molecule has 0 saturated carbocycles. The summed E-state index contributed by atoms with van der Waals surface area (Å²) < 4.78 is 0. The number of anilines is 1. The molecule has 39 heavy (non-hydrogen) atoms. The number of fused-ring (bicyclic) bond motifs is 1. The topological polar surface area (TPSA) is 89.1 Å². The lowest BCUT2D eigenvalue weighted by Crippen LogP contribution is -2.51. The summed E-state index contributed by atoms with van der Waals surface area (Å²) in [6.45, 7) is 4.70. The van der Waals surface area contributed by atoms with Crippen LogP contribution in [0.2, 0.25) is 0 Å². The first-order chi connectivity index (χ1) is 19.2. The molecule has 1 atom stereocenters. The number of piperazine rings is 1. The first kappa shape index (κ1) is 25.1. The molecule has 6 rings (SSSR count). The van der Waals surface area contributed by atoms with E-state index in [4.69, 9.17) is 4.98 Å². The van der Waals surface area contributed by atoms with Crippen molar-refractivity contribution in [1.29, 1.82) is 0 Å². The minimum atomic E-state index is 0.284. The third kappa shape index (κ3) is 6.28. The zero-order valence-electron chi connectivity index (χ0n) is 22.0. The van der Waals surface area contributed by atoms with Crippen molar-refractivity contribution in [2.45, 2.75) is 25.4 Å². The van der Waals surface area contributed by atoms with Crippen LogP contribution in [0.15, 0.2) is 91.3 Å². The first-order valence-electron chi connectivity index (χ1n) is 13.6. The second-order valence-electron chi connectivity index (χ2n) is 10.3. The molecule has 2 aromatic heterocycles. The van der Waals surface area contributed by atoms with Crippen LogP contribution in [0.3, 0.4) is 0 Å². The molecule has 1 fully saturated rings. The van der Waals surface area contributed by atoms with Gasteiger partial charge in [-0.1, -0.05) is 48.5 Å². The molecule has 1 saturated heterocycles. The van der Waals surface area contributed by atoms with Gasteiger partial charge >= 0.3 is 0 Å². The van der Waals surface area contributed by atoms with Gasteiger partial charge in [-0.25, -0.2) is 9.97 Å². The smallest absolute Gasteiger partial charge is 0.223 e. The maximum Gasteiger partial charge on any atom is 0.223 e. The van der Waals surface area contributed by atoms with E-state index in [2.05, 4.69) is 80.2 Å². The molecular weight excluding hydrogens is 484 g/mol. The first-order valence-corrected chi connectivity index (χ1v) is 13.6. The van der Waals surface area contributed by atoms with Crippen LogP contribution < -0.4 is 10.6 Å². The van der Waals surface area contributed by atoms with E-state index in [-0.39, 0.29) is 5.75 Å². The molecule has 0 bridgehead atoms. The molecule has 0 aliphatic carbocycles. The van der Waals surface area contributed by atoms with Gasteiger partial charge in [-0.2, -0.15) is 0 Å². The Morgan fingerprint density at radius 3 is 2.79 bits per heavy atom. The predicted molar refractivity (Wildman–Crippen MR) is 157 cm³/mol. The normalized spacial score (nSPS) is 15.9. The molecule has 5 aromatic rings. The second kappa shape index (κ2) is 11.7.